The highest BCUT2D eigenvalue weighted by Gasteiger charge is 2.25. The predicted octanol–water partition coefficient (Wildman–Crippen LogP) is 1.91. The Balaban J connectivity index is 1.87. The Morgan fingerprint density at radius 1 is 1.41 bits per heavy atom. The summed E-state index contributed by atoms with van der Waals surface area (Å²) >= 11 is 0. The molecular formula is C16H22N2O4. The van der Waals surface area contributed by atoms with E-state index in [1.165, 1.54) is 6.20 Å². The van der Waals surface area contributed by atoms with Gasteiger partial charge in [-0.15, -0.1) is 0 Å². The third kappa shape index (κ3) is 4.27. The van der Waals surface area contributed by atoms with Crippen LogP contribution >= 0.6 is 0 Å². The van der Waals surface area contributed by atoms with Crippen molar-refractivity contribution in [2.24, 2.45) is 0 Å². The van der Waals surface area contributed by atoms with Gasteiger partial charge in [0.1, 0.15) is 0 Å². The molecule has 6 nitrogen and oxygen atoms in total. The lowest BCUT2D eigenvalue weighted by Crippen LogP contribution is -2.35. The van der Waals surface area contributed by atoms with Crippen LogP contribution in [0.4, 0.5) is 0 Å². The molecule has 0 aromatic carbocycles. The summed E-state index contributed by atoms with van der Waals surface area (Å²) in [6.45, 7) is 4.64. The SMILES string of the molecule is CCOC(=O)CCN1CCC(c2cccnc2C(=O)O)CC1. The fourth-order valence-corrected chi connectivity index (χ4v) is 2.88. The molecule has 1 aliphatic rings. The highest BCUT2D eigenvalue weighted by Crippen LogP contribution is 2.29. The molecule has 0 bridgehead atoms. The van der Waals surface area contributed by atoms with Gasteiger partial charge >= 0.3 is 11.9 Å². The number of ether oxygens (including phenoxy) is 1. The van der Waals surface area contributed by atoms with Gasteiger partial charge in [-0.25, -0.2) is 9.78 Å². The van der Waals surface area contributed by atoms with Crippen LogP contribution in [0.1, 0.15) is 48.2 Å². The van der Waals surface area contributed by atoms with E-state index < -0.39 is 5.97 Å². The van der Waals surface area contributed by atoms with Gasteiger partial charge in [0.25, 0.3) is 0 Å². The summed E-state index contributed by atoms with van der Waals surface area (Å²) in [6, 6.07) is 3.64. The van der Waals surface area contributed by atoms with Gasteiger partial charge < -0.3 is 14.7 Å². The smallest absolute Gasteiger partial charge is 0.354 e. The highest BCUT2D eigenvalue weighted by atomic mass is 16.5. The molecule has 120 valence electrons. The Morgan fingerprint density at radius 3 is 2.77 bits per heavy atom. The fourth-order valence-electron chi connectivity index (χ4n) is 2.88. The number of carboxylic acid groups (broad SMARTS) is 1. The Labute approximate surface area is 130 Å². The molecule has 0 unspecified atom stereocenters. The Morgan fingerprint density at radius 2 is 2.14 bits per heavy atom. The molecule has 0 radical (unpaired) electrons. The molecule has 1 saturated heterocycles. The molecule has 2 heterocycles. The molecule has 1 N–H and O–H groups in total. The van der Waals surface area contributed by atoms with Crippen LogP contribution in [0.25, 0.3) is 0 Å². The van der Waals surface area contributed by atoms with Crippen LogP contribution < -0.4 is 0 Å². The van der Waals surface area contributed by atoms with Crippen LogP contribution in [0.2, 0.25) is 0 Å². The first-order valence-corrected chi connectivity index (χ1v) is 7.68. The molecule has 0 spiro atoms. The number of carbonyl (C=O) groups excluding carboxylic acids is 1. The summed E-state index contributed by atoms with van der Waals surface area (Å²) in [5.41, 5.74) is 0.979. The monoisotopic (exact) mass is 306 g/mol. The van der Waals surface area contributed by atoms with Gasteiger partial charge in [0.05, 0.1) is 13.0 Å². The number of aromatic nitrogens is 1. The number of hydrogen-bond donors (Lipinski definition) is 1. The van der Waals surface area contributed by atoms with Crippen LogP contribution in [-0.4, -0.2) is 53.2 Å². The number of aromatic carboxylic acids is 1. The zero-order valence-electron chi connectivity index (χ0n) is 12.8. The maximum absolute atomic E-state index is 11.4. The lowest BCUT2D eigenvalue weighted by molar-refractivity contribution is -0.143. The van der Waals surface area contributed by atoms with Crippen molar-refractivity contribution >= 4 is 11.9 Å². The van der Waals surface area contributed by atoms with Gasteiger partial charge in [-0.05, 0) is 50.4 Å². The molecule has 0 amide bonds. The van der Waals surface area contributed by atoms with Crippen molar-refractivity contribution in [3.63, 3.8) is 0 Å². The minimum atomic E-state index is -0.972. The van der Waals surface area contributed by atoms with Crippen molar-refractivity contribution in [2.75, 3.05) is 26.2 Å². The second-order valence-corrected chi connectivity index (χ2v) is 5.42. The standard InChI is InChI=1S/C16H22N2O4/c1-2-22-14(19)7-11-18-9-5-12(6-10-18)13-4-3-8-17-15(13)16(20)21/h3-4,8,12H,2,5-7,9-11H2,1H3,(H,20,21). The molecule has 0 aliphatic carbocycles. The van der Waals surface area contributed by atoms with Gasteiger partial charge in [0, 0.05) is 12.7 Å². The number of nitrogens with zero attached hydrogens (tertiary/aromatic N) is 2. The maximum Gasteiger partial charge on any atom is 0.354 e. The van der Waals surface area contributed by atoms with E-state index in [0.29, 0.717) is 19.6 Å². The quantitative estimate of drug-likeness (QED) is 0.809. The first-order valence-electron chi connectivity index (χ1n) is 7.68. The van der Waals surface area contributed by atoms with E-state index in [4.69, 9.17) is 4.74 Å². The zero-order chi connectivity index (χ0) is 15.9. The molecule has 0 atom stereocenters. The van der Waals surface area contributed by atoms with Gasteiger partial charge in [0.2, 0.25) is 0 Å². The average Bonchev–Trinajstić information content (AvgIpc) is 2.54. The predicted molar refractivity (Wildman–Crippen MR) is 80.9 cm³/mol. The fraction of sp³-hybridized carbons (Fsp3) is 0.562. The number of pyridine rings is 1. The summed E-state index contributed by atoms with van der Waals surface area (Å²) in [6.07, 6.45) is 3.69. The van der Waals surface area contributed by atoms with E-state index in [0.717, 1.165) is 31.5 Å². The highest BCUT2D eigenvalue weighted by molar-refractivity contribution is 5.87. The first kappa shape index (κ1) is 16.4. The summed E-state index contributed by atoms with van der Waals surface area (Å²) in [5, 5.41) is 9.22. The van der Waals surface area contributed by atoms with E-state index in [1.54, 1.807) is 13.0 Å². The van der Waals surface area contributed by atoms with Crippen molar-refractivity contribution in [2.45, 2.75) is 32.1 Å². The molecule has 1 aromatic rings. The van der Waals surface area contributed by atoms with Crippen molar-refractivity contribution in [3.05, 3.63) is 29.6 Å². The van der Waals surface area contributed by atoms with Crippen LogP contribution in [0, 0.1) is 0 Å². The Bertz CT molecular complexity index is 525. The molecule has 1 aliphatic heterocycles. The number of piperidine rings is 1. The number of esters is 1. The largest absolute Gasteiger partial charge is 0.477 e. The number of rotatable bonds is 6. The number of carbonyl (C=O) groups is 2. The lowest BCUT2D eigenvalue weighted by atomic mass is 9.88. The van der Waals surface area contributed by atoms with Crippen LogP contribution in [0.15, 0.2) is 18.3 Å². The van der Waals surface area contributed by atoms with Crippen LogP contribution in [-0.2, 0) is 9.53 Å². The average molecular weight is 306 g/mol. The third-order valence-electron chi connectivity index (χ3n) is 4.01. The van der Waals surface area contributed by atoms with Crippen molar-refractivity contribution < 1.29 is 19.4 Å². The number of carboxylic acids is 1. The van der Waals surface area contributed by atoms with E-state index in [1.807, 2.05) is 6.07 Å². The van der Waals surface area contributed by atoms with Crippen LogP contribution in [0.5, 0.6) is 0 Å². The molecule has 6 heteroatoms. The third-order valence-corrected chi connectivity index (χ3v) is 4.01. The normalized spacial score (nSPS) is 16.4. The van der Waals surface area contributed by atoms with Gasteiger partial charge in [-0.1, -0.05) is 6.07 Å². The van der Waals surface area contributed by atoms with Crippen molar-refractivity contribution in [3.8, 4) is 0 Å². The molecule has 1 aromatic heterocycles. The second-order valence-electron chi connectivity index (χ2n) is 5.42. The molecule has 2 rings (SSSR count). The van der Waals surface area contributed by atoms with Gasteiger partial charge in [-0.2, -0.15) is 0 Å². The first-order chi connectivity index (χ1) is 10.6. The van der Waals surface area contributed by atoms with E-state index in [9.17, 15) is 14.7 Å². The zero-order valence-corrected chi connectivity index (χ0v) is 12.8. The molecule has 1 fully saturated rings. The molecule has 22 heavy (non-hydrogen) atoms. The Hall–Kier alpha value is -1.95. The van der Waals surface area contributed by atoms with E-state index in [2.05, 4.69) is 9.88 Å². The van der Waals surface area contributed by atoms with Gasteiger partial charge in [0.15, 0.2) is 5.69 Å². The van der Waals surface area contributed by atoms with E-state index in [-0.39, 0.29) is 17.6 Å². The van der Waals surface area contributed by atoms with Gasteiger partial charge in [-0.3, -0.25) is 4.79 Å². The maximum atomic E-state index is 11.4. The van der Waals surface area contributed by atoms with Crippen LogP contribution in [0.3, 0.4) is 0 Å². The second kappa shape index (κ2) is 7.89. The summed E-state index contributed by atoms with van der Waals surface area (Å²) < 4.78 is 4.93. The van der Waals surface area contributed by atoms with Crippen molar-refractivity contribution in [1.82, 2.24) is 9.88 Å². The topological polar surface area (TPSA) is 79.7 Å². The molecule has 0 saturated carbocycles. The van der Waals surface area contributed by atoms with Crippen molar-refractivity contribution in [1.29, 1.82) is 0 Å². The summed E-state index contributed by atoms with van der Waals surface area (Å²) in [4.78, 5) is 28.8. The van der Waals surface area contributed by atoms with E-state index >= 15 is 0 Å². The Kier molecular flexibility index (Phi) is 5.89. The lowest BCUT2D eigenvalue weighted by Gasteiger charge is -2.32. The molecular weight excluding hydrogens is 284 g/mol. The minimum Gasteiger partial charge on any atom is -0.477 e. The summed E-state index contributed by atoms with van der Waals surface area (Å²) in [7, 11) is 0. The number of hydrogen-bond acceptors (Lipinski definition) is 5. The minimum absolute atomic E-state index is 0.160. The number of likely N-dealkylation sites (tertiary alicyclic amines) is 1. The summed E-state index contributed by atoms with van der Waals surface area (Å²) in [5.74, 6) is -0.913.